The maximum absolute atomic E-state index is 11.6. The summed E-state index contributed by atoms with van der Waals surface area (Å²) in [4.78, 5) is 22.5. The second kappa shape index (κ2) is 5.67. The Morgan fingerprint density at radius 2 is 1.78 bits per heavy atom. The smallest absolute Gasteiger partial charge is 0.228 e. The molecule has 0 saturated heterocycles. The van der Waals surface area contributed by atoms with E-state index >= 15 is 0 Å². The number of ketones is 1. The molecule has 0 spiro atoms. The Kier molecular flexibility index (Phi) is 4.48. The number of benzene rings is 1. The molecule has 1 aromatic carbocycles. The minimum absolute atomic E-state index is 0.0837. The number of hydrogen-bond donors (Lipinski definition) is 1. The first-order valence-electron chi connectivity index (χ1n) is 5.80. The number of carbonyl (C=O) groups excluding carboxylic acids is 2. The van der Waals surface area contributed by atoms with Crippen LogP contribution in [0.4, 0.5) is 0 Å². The molecule has 0 aliphatic carbocycles. The van der Waals surface area contributed by atoms with Gasteiger partial charge in [-0.05, 0) is 38.5 Å². The van der Waals surface area contributed by atoms with E-state index in [2.05, 4.69) is 5.32 Å². The minimum atomic E-state index is -0.515. The Labute approximate surface area is 107 Å². The first-order chi connectivity index (χ1) is 8.35. The van der Waals surface area contributed by atoms with E-state index in [0.29, 0.717) is 0 Å². The third-order valence-corrected chi connectivity index (χ3v) is 2.67. The number of methoxy groups -OCH3 is 1. The van der Waals surface area contributed by atoms with Crippen molar-refractivity contribution in [2.24, 2.45) is 0 Å². The lowest BCUT2D eigenvalue weighted by molar-refractivity contribution is -0.128. The van der Waals surface area contributed by atoms with Gasteiger partial charge in [0.2, 0.25) is 5.91 Å². The van der Waals surface area contributed by atoms with Crippen LogP contribution in [-0.4, -0.2) is 18.8 Å². The van der Waals surface area contributed by atoms with Gasteiger partial charge in [-0.1, -0.05) is 12.1 Å². The van der Waals surface area contributed by atoms with Crippen LogP contribution >= 0.6 is 0 Å². The number of hydrogen-bond acceptors (Lipinski definition) is 3. The lowest BCUT2D eigenvalue weighted by Crippen LogP contribution is -2.41. The minimum Gasteiger partial charge on any atom is -0.497 e. The third kappa shape index (κ3) is 3.87. The Hall–Kier alpha value is -1.84. The molecule has 0 fully saturated rings. The first kappa shape index (κ1) is 14.2. The molecule has 0 bridgehead atoms. The number of ether oxygens (including phenoxy) is 1. The van der Waals surface area contributed by atoms with E-state index in [4.69, 9.17) is 4.74 Å². The highest BCUT2D eigenvalue weighted by molar-refractivity contribution is 5.97. The van der Waals surface area contributed by atoms with Gasteiger partial charge >= 0.3 is 0 Å². The molecule has 0 heterocycles. The van der Waals surface area contributed by atoms with Crippen LogP contribution in [0.5, 0.6) is 5.75 Å². The van der Waals surface area contributed by atoms with E-state index in [0.717, 1.165) is 11.3 Å². The third-order valence-electron chi connectivity index (χ3n) is 2.67. The van der Waals surface area contributed by atoms with Crippen LogP contribution in [0.2, 0.25) is 0 Å². The Morgan fingerprint density at radius 3 is 2.22 bits per heavy atom. The molecule has 4 nitrogen and oxygen atoms in total. The normalized spacial score (nSPS) is 10.9. The zero-order valence-electron chi connectivity index (χ0n) is 11.2. The largest absolute Gasteiger partial charge is 0.497 e. The summed E-state index contributed by atoms with van der Waals surface area (Å²) in [6, 6.07) is 7.47. The van der Waals surface area contributed by atoms with E-state index in [1.54, 1.807) is 7.11 Å². The molecular weight excluding hydrogens is 230 g/mol. The van der Waals surface area contributed by atoms with Crippen LogP contribution in [0, 0.1) is 0 Å². The van der Waals surface area contributed by atoms with Gasteiger partial charge < -0.3 is 10.1 Å². The van der Waals surface area contributed by atoms with Gasteiger partial charge in [0.15, 0.2) is 0 Å². The Balaban J connectivity index is 2.78. The summed E-state index contributed by atoms with van der Waals surface area (Å²) in [5.41, 5.74) is 0.443. The standard InChI is InChI=1S/C14H19NO3/c1-10(16)9-13(17)15-14(2,3)11-5-7-12(18-4)8-6-11/h5-8H,9H2,1-4H3,(H,15,17). The highest BCUT2D eigenvalue weighted by Crippen LogP contribution is 2.22. The van der Waals surface area contributed by atoms with Crippen LogP contribution in [0.15, 0.2) is 24.3 Å². The maximum atomic E-state index is 11.6. The monoisotopic (exact) mass is 249 g/mol. The summed E-state index contributed by atoms with van der Waals surface area (Å²) in [6.45, 7) is 5.19. The van der Waals surface area contributed by atoms with Gasteiger partial charge in [-0.2, -0.15) is 0 Å². The van der Waals surface area contributed by atoms with E-state index < -0.39 is 5.54 Å². The summed E-state index contributed by atoms with van der Waals surface area (Å²) < 4.78 is 5.08. The maximum Gasteiger partial charge on any atom is 0.228 e. The fraction of sp³-hybridized carbons (Fsp3) is 0.429. The quantitative estimate of drug-likeness (QED) is 0.812. The van der Waals surface area contributed by atoms with E-state index in [-0.39, 0.29) is 18.1 Å². The molecule has 18 heavy (non-hydrogen) atoms. The zero-order chi connectivity index (χ0) is 13.8. The molecule has 4 heteroatoms. The van der Waals surface area contributed by atoms with Gasteiger partial charge in [-0.15, -0.1) is 0 Å². The second-order valence-electron chi connectivity index (χ2n) is 4.78. The molecule has 0 aliphatic rings. The molecule has 1 rings (SSSR count). The van der Waals surface area contributed by atoms with E-state index in [1.165, 1.54) is 6.92 Å². The van der Waals surface area contributed by atoms with Crippen molar-refractivity contribution in [1.29, 1.82) is 0 Å². The molecule has 1 aromatic rings. The van der Waals surface area contributed by atoms with Crippen LogP contribution in [0.1, 0.15) is 32.8 Å². The van der Waals surface area contributed by atoms with Gasteiger partial charge in [-0.3, -0.25) is 9.59 Å². The van der Waals surface area contributed by atoms with Crippen molar-refractivity contribution in [3.05, 3.63) is 29.8 Å². The molecule has 0 unspecified atom stereocenters. The number of rotatable bonds is 5. The molecule has 0 saturated carbocycles. The lowest BCUT2D eigenvalue weighted by Gasteiger charge is -2.27. The van der Waals surface area contributed by atoms with E-state index in [1.807, 2.05) is 38.1 Å². The van der Waals surface area contributed by atoms with E-state index in [9.17, 15) is 9.59 Å². The number of nitrogens with one attached hydrogen (secondary N) is 1. The summed E-state index contributed by atoms with van der Waals surface area (Å²) in [5.74, 6) is 0.367. The lowest BCUT2D eigenvalue weighted by atomic mass is 9.94. The second-order valence-corrected chi connectivity index (χ2v) is 4.78. The van der Waals surface area contributed by atoms with Crippen molar-refractivity contribution in [3.63, 3.8) is 0 Å². The van der Waals surface area contributed by atoms with Crippen molar-refractivity contribution in [2.75, 3.05) is 7.11 Å². The molecule has 1 N–H and O–H groups in total. The summed E-state index contributed by atoms with van der Waals surface area (Å²) in [6.07, 6.45) is -0.0837. The van der Waals surface area contributed by atoms with Crippen molar-refractivity contribution in [3.8, 4) is 5.75 Å². The number of Topliss-reactive ketones (excluding diaryl/α,β-unsaturated/α-hetero) is 1. The highest BCUT2D eigenvalue weighted by Gasteiger charge is 2.23. The fourth-order valence-corrected chi connectivity index (χ4v) is 1.70. The van der Waals surface area contributed by atoms with Crippen molar-refractivity contribution >= 4 is 11.7 Å². The van der Waals surface area contributed by atoms with Crippen LogP contribution in [0.3, 0.4) is 0 Å². The summed E-state index contributed by atoms with van der Waals surface area (Å²) >= 11 is 0. The molecule has 98 valence electrons. The topological polar surface area (TPSA) is 55.4 Å². The Morgan fingerprint density at radius 1 is 1.22 bits per heavy atom. The van der Waals surface area contributed by atoms with Crippen LogP contribution < -0.4 is 10.1 Å². The summed E-state index contributed by atoms with van der Waals surface area (Å²) in [7, 11) is 1.61. The van der Waals surface area contributed by atoms with Gasteiger partial charge in [0.1, 0.15) is 11.5 Å². The number of carbonyl (C=O) groups is 2. The average molecular weight is 249 g/mol. The van der Waals surface area contributed by atoms with Crippen molar-refractivity contribution in [1.82, 2.24) is 5.32 Å². The highest BCUT2D eigenvalue weighted by atomic mass is 16.5. The SMILES string of the molecule is COc1ccc(C(C)(C)NC(=O)CC(C)=O)cc1. The molecule has 0 aromatic heterocycles. The fourth-order valence-electron chi connectivity index (χ4n) is 1.70. The van der Waals surface area contributed by atoms with Crippen molar-refractivity contribution in [2.45, 2.75) is 32.7 Å². The number of amides is 1. The van der Waals surface area contributed by atoms with Crippen molar-refractivity contribution < 1.29 is 14.3 Å². The Bertz CT molecular complexity index is 435. The average Bonchev–Trinajstić information content (AvgIpc) is 2.27. The predicted molar refractivity (Wildman–Crippen MR) is 69.5 cm³/mol. The molecular formula is C14H19NO3. The van der Waals surface area contributed by atoms with Gasteiger partial charge in [0.25, 0.3) is 0 Å². The zero-order valence-corrected chi connectivity index (χ0v) is 11.2. The molecule has 0 atom stereocenters. The molecule has 0 radical (unpaired) electrons. The molecule has 0 aliphatic heterocycles. The first-order valence-corrected chi connectivity index (χ1v) is 5.80. The molecule has 1 amide bonds. The van der Waals surface area contributed by atoms with Crippen LogP contribution in [0.25, 0.3) is 0 Å². The summed E-state index contributed by atoms with van der Waals surface area (Å²) in [5, 5.41) is 2.84. The van der Waals surface area contributed by atoms with Gasteiger partial charge in [-0.25, -0.2) is 0 Å². The predicted octanol–water partition coefficient (Wildman–Crippen LogP) is 2.03. The van der Waals surface area contributed by atoms with Gasteiger partial charge in [0, 0.05) is 0 Å². The van der Waals surface area contributed by atoms with Gasteiger partial charge in [0.05, 0.1) is 19.1 Å². The van der Waals surface area contributed by atoms with Crippen LogP contribution in [-0.2, 0) is 15.1 Å².